The zero-order chi connectivity index (χ0) is 12.5. The molecule has 18 heavy (non-hydrogen) atoms. The molecule has 1 atom stereocenters. The summed E-state index contributed by atoms with van der Waals surface area (Å²) in [7, 11) is 0. The van der Waals surface area contributed by atoms with Crippen LogP contribution in [0.4, 0.5) is 0 Å². The molecule has 1 heterocycles. The first kappa shape index (κ1) is 11.0. The molecule has 3 rings (SSSR count). The summed E-state index contributed by atoms with van der Waals surface area (Å²) >= 11 is 0. The van der Waals surface area contributed by atoms with E-state index in [-0.39, 0.29) is 0 Å². The van der Waals surface area contributed by atoms with Crippen LogP contribution in [0.3, 0.4) is 0 Å². The highest BCUT2D eigenvalue weighted by Gasteiger charge is 2.28. The Morgan fingerprint density at radius 1 is 1.33 bits per heavy atom. The zero-order valence-corrected chi connectivity index (χ0v) is 9.78. The maximum Gasteiger partial charge on any atom is 0.175 e. The van der Waals surface area contributed by atoms with E-state index in [1.54, 1.807) is 0 Å². The Balaban J connectivity index is 2.13. The summed E-state index contributed by atoms with van der Waals surface area (Å²) in [6, 6.07) is 9.01. The van der Waals surface area contributed by atoms with E-state index >= 15 is 0 Å². The van der Waals surface area contributed by atoms with Crippen LogP contribution in [0.15, 0.2) is 35.5 Å². The first-order chi connectivity index (χ1) is 8.81. The molecule has 1 aliphatic carbocycles. The van der Waals surface area contributed by atoms with Gasteiger partial charge >= 0.3 is 0 Å². The Hall–Kier alpha value is -2.17. The third kappa shape index (κ3) is 1.59. The lowest BCUT2D eigenvalue weighted by atomic mass is 9.97. The number of imidazole rings is 1. The van der Waals surface area contributed by atoms with E-state index in [4.69, 9.17) is 0 Å². The van der Waals surface area contributed by atoms with Crippen LogP contribution in [0.1, 0.15) is 30.3 Å². The van der Waals surface area contributed by atoms with Gasteiger partial charge in [-0.05, 0) is 19.3 Å². The third-order valence-electron chi connectivity index (χ3n) is 3.34. The highest BCUT2D eigenvalue weighted by atomic mass is 16.5. The molecule has 5 heteroatoms. The fraction of sp³-hybridized carbons (Fsp3) is 0.308. The van der Waals surface area contributed by atoms with Crippen molar-refractivity contribution in [3.05, 3.63) is 46.6 Å². The van der Waals surface area contributed by atoms with Crippen LogP contribution in [0.25, 0.3) is 11.4 Å². The Bertz CT molecular complexity index is 577. The highest BCUT2D eigenvalue weighted by molar-refractivity contribution is 5.56. The second-order valence-electron chi connectivity index (χ2n) is 4.46. The molecular formula is C13H13N3O2. The van der Waals surface area contributed by atoms with Crippen LogP contribution >= 0.6 is 0 Å². The van der Waals surface area contributed by atoms with E-state index in [1.165, 1.54) is 0 Å². The molecule has 0 spiro atoms. The summed E-state index contributed by atoms with van der Waals surface area (Å²) < 4.78 is 1.10. The monoisotopic (exact) mass is 243 g/mol. The Morgan fingerprint density at radius 2 is 2.11 bits per heavy atom. The minimum absolute atomic E-state index is 0.426. The van der Waals surface area contributed by atoms with Gasteiger partial charge in [0.1, 0.15) is 6.04 Å². The fourth-order valence-electron chi connectivity index (χ4n) is 2.44. The lowest BCUT2D eigenvalue weighted by Gasteiger charge is -2.14. The maximum atomic E-state index is 10.8. The van der Waals surface area contributed by atoms with Crippen molar-refractivity contribution >= 4 is 0 Å². The average Bonchev–Trinajstić information content (AvgIpc) is 2.77. The summed E-state index contributed by atoms with van der Waals surface area (Å²) in [5.41, 5.74) is 2.17. The van der Waals surface area contributed by atoms with Crippen molar-refractivity contribution in [2.75, 3.05) is 0 Å². The number of hydrogen-bond acceptors (Lipinski definition) is 4. The molecule has 92 valence electrons. The minimum atomic E-state index is -0.426. The van der Waals surface area contributed by atoms with Crippen molar-refractivity contribution in [3.8, 4) is 11.4 Å². The predicted molar refractivity (Wildman–Crippen MR) is 66.3 cm³/mol. The van der Waals surface area contributed by atoms with E-state index < -0.39 is 6.04 Å². The molecule has 0 bridgehead atoms. The lowest BCUT2D eigenvalue weighted by Crippen LogP contribution is -2.10. The predicted octanol–water partition coefficient (Wildman–Crippen LogP) is 2.93. The van der Waals surface area contributed by atoms with Crippen LogP contribution in [0, 0.1) is 4.91 Å². The van der Waals surface area contributed by atoms with E-state index in [2.05, 4.69) is 10.2 Å². The van der Waals surface area contributed by atoms with Gasteiger partial charge in [-0.25, -0.2) is 4.98 Å². The first-order valence-electron chi connectivity index (χ1n) is 6.00. The largest absolute Gasteiger partial charge is 0.427 e. The van der Waals surface area contributed by atoms with Crippen molar-refractivity contribution in [2.45, 2.75) is 25.3 Å². The number of benzene rings is 1. The number of aromatic nitrogens is 2. The topological polar surface area (TPSA) is 67.5 Å². The molecule has 0 fully saturated rings. The second kappa shape index (κ2) is 4.25. The van der Waals surface area contributed by atoms with Crippen molar-refractivity contribution in [2.24, 2.45) is 5.18 Å². The molecule has 5 nitrogen and oxygen atoms in total. The fourth-order valence-corrected chi connectivity index (χ4v) is 2.44. The molecule has 0 radical (unpaired) electrons. The third-order valence-corrected chi connectivity index (χ3v) is 3.34. The summed E-state index contributed by atoms with van der Waals surface area (Å²) in [5.74, 6) is 0.483. The van der Waals surface area contributed by atoms with Crippen LogP contribution in [-0.4, -0.2) is 14.9 Å². The van der Waals surface area contributed by atoms with Gasteiger partial charge in [-0.15, -0.1) is 0 Å². The van der Waals surface area contributed by atoms with Crippen LogP contribution in [0.2, 0.25) is 0 Å². The smallest absolute Gasteiger partial charge is 0.175 e. The number of fused-ring (bicyclic) bond motifs is 1. The normalized spacial score (nSPS) is 18.3. The zero-order valence-electron chi connectivity index (χ0n) is 9.78. The highest BCUT2D eigenvalue weighted by Crippen LogP contribution is 2.34. The van der Waals surface area contributed by atoms with Crippen molar-refractivity contribution < 1.29 is 5.21 Å². The van der Waals surface area contributed by atoms with Crippen LogP contribution < -0.4 is 0 Å². The van der Waals surface area contributed by atoms with E-state index in [0.717, 1.165) is 23.1 Å². The molecule has 0 saturated heterocycles. The minimum Gasteiger partial charge on any atom is -0.427 e. The van der Waals surface area contributed by atoms with Crippen molar-refractivity contribution in [1.29, 1.82) is 0 Å². The summed E-state index contributed by atoms with van der Waals surface area (Å²) in [6.45, 7) is 0. The van der Waals surface area contributed by atoms with Gasteiger partial charge in [0.05, 0.1) is 11.4 Å². The van der Waals surface area contributed by atoms with Gasteiger partial charge < -0.3 is 5.21 Å². The van der Waals surface area contributed by atoms with E-state index in [1.807, 2.05) is 30.3 Å². The number of nitroso groups, excluding NO2 is 1. The van der Waals surface area contributed by atoms with E-state index in [0.29, 0.717) is 23.6 Å². The molecule has 0 amide bonds. The number of hydrogen-bond donors (Lipinski definition) is 1. The molecule has 1 N–H and O–H groups in total. The molecule has 1 aromatic heterocycles. The summed E-state index contributed by atoms with van der Waals surface area (Å²) in [4.78, 5) is 15.2. The van der Waals surface area contributed by atoms with E-state index in [9.17, 15) is 10.1 Å². The summed E-state index contributed by atoms with van der Waals surface area (Å²) in [5, 5.41) is 13.3. The summed E-state index contributed by atoms with van der Waals surface area (Å²) in [6.07, 6.45) is 2.29. The Labute approximate surface area is 104 Å². The maximum absolute atomic E-state index is 10.8. The number of nitrogens with zero attached hydrogens (tertiary/aromatic N) is 3. The van der Waals surface area contributed by atoms with Gasteiger partial charge in [0.25, 0.3) is 0 Å². The van der Waals surface area contributed by atoms with Gasteiger partial charge in [0.15, 0.2) is 5.82 Å². The SMILES string of the molecule is O=NC1CCCc2c1nc(-c1ccccc1)n2O. The van der Waals surface area contributed by atoms with Gasteiger partial charge in [-0.3, -0.25) is 0 Å². The van der Waals surface area contributed by atoms with Crippen LogP contribution in [0.5, 0.6) is 0 Å². The van der Waals surface area contributed by atoms with Crippen LogP contribution in [-0.2, 0) is 6.42 Å². The quantitative estimate of drug-likeness (QED) is 0.651. The Kier molecular flexibility index (Phi) is 2.59. The van der Waals surface area contributed by atoms with Gasteiger partial charge in [-0.2, -0.15) is 9.64 Å². The molecule has 0 saturated carbocycles. The molecule has 1 aromatic carbocycles. The van der Waals surface area contributed by atoms with Gasteiger partial charge in [0.2, 0.25) is 0 Å². The number of rotatable bonds is 2. The Morgan fingerprint density at radius 3 is 2.83 bits per heavy atom. The molecular weight excluding hydrogens is 230 g/mol. The molecule has 2 aromatic rings. The van der Waals surface area contributed by atoms with Crippen molar-refractivity contribution in [1.82, 2.24) is 9.71 Å². The first-order valence-corrected chi connectivity index (χ1v) is 6.00. The standard InChI is InChI=1S/C13H13N3O2/c17-15-10-7-4-8-11-12(10)14-13(16(11)18)9-5-2-1-3-6-9/h1-3,5-6,10,18H,4,7-8H2. The second-order valence-corrected chi connectivity index (χ2v) is 4.46. The lowest BCUT2D eigenvalue weighted by molar-refractivity contribution is 0.179. The average molecular weight is 243 g/mol. The van der Waals surface area contributed by atoms with Gasteiger partial charge in [0, 0.05) is 5.56 Å². The van der Waals surface area contributed by atoms with Gasteiger partial charge in [-0.1, -0.05) is 35.5 Å². The molecule has 1 aliphatic rings. The molecule has 0 aliphatic heterocycles. The molecule has 1 unspecified atom stereocenters. The van der Waals surface area contributed by atoms with Crippen molar-refractivity contribution in [3.63, 3.8) is 0 Å².